The average Bonchev–Trinajstić information content (AvgIpc) is 3.09. The first kappa shape index (κ1) is 29.3. The van der Waals surface area contributed by atoms with Crippen LogP contribution >= 0.6 is 0 Å². The van der Waals surface area contributed by atoms with E-state index in [0.29, 0.717) is 5.92 Å². The molecule has 1 heterocycles. The summed E-state index contributed by atoms with van der Waals surface area (Å²) < 4.78 is 0. The van der Waals surface area contributed by atoms with Crippen LogP contribution in [0.5, 0.6) is 0 Å². The van der Waals surface area contributed by atoms with Crippen molar-refractivity contribution >= 4 is 43.5 Å². The van der Waals surface area contributed by atoms with Gasteiger partial charge in [-0.1, -0.05) is 117 Å². The van der Waals surface area contributed by atoms with Crippen LogP contribution in [0.3, 0.4) is 0 Å². The Labute approximate surface area is 271 Å². The Bertz CT molecular complexity index is 2250. The van der Waals surface area contributed by atoms with E-state index in [9.17, 15) is 0 Å². The number of fused-ring (bicyclic) bond motifs is 3. The first-order chi connectivity index (χ1) is 22.4. The van der Waals surface area contributed by atoms with Crippen LogP contribution in [0.2, 0.25) is 0 Å². The lowest BCUT2D eigenvalue weighted by molar-refractivity contribution is 0.857. The van der Waals surface area contributed by atoms with E-state index in [4.69, 9.17) is 10.7 Å². The monoisotopic (exact) mass is 594 g/mol. The molecule has 0 saturated carbocycles. The number of hydrogen-bond acceptors (Lipinski definition) is 2. The van der Waals surface area contributed by atoms with Crippen LogP contribution in [0.25, 0.3) is 65.7 Å². The highest BCUT2D eigenvalue weighted by molar-refractivity contribution is 6.21. The molecule has 0 amide bonds. The van der Waals surface area contributed by atoms with Gasteiger partial charge in [0, 0.05) is 11.9 Å². The van der Waals surface area contributed by atoms with E-state index in [1.165, 1.54) is 60.1 Å². The van der Waals surface area contributed by atoms with Crippen molar-refractivity contribution in [2.45, 2.75) is 33.6 Å². The fraction of sp³-hybridized carbons (Fsp3) is 0.114. The third kappa shape index (κ3) is 5.37. The van der Waals surface area contributed by atoms with Crippen molar-refractivity contribution in [3.05, 3.63) is 162 Å². The van der Waals surface area contributed by atoms with Gasteiger partial charge in [-0.05, 0) is 127 Å². The number of benzene rings is 6. The maximum absolute atomic E-state index is 6.26. The van der Waals surface area contributed by atoms with Crippen LogP contribution in [-0.2, 0) is 0 Å². The van der Waals surface area contributed by atoms with Gasteiger partial charge in [0.2, 0.25) is 0 Å². The highest BCUT2D eigenvalue weighted by Crippen LogP contribution is 2.44. The summed E-state index contributed by atoms with van der Waals surface area (Å²) in [5.74, 6) is 0.441. The standard InChI is InChI=1S/C44H38N2/c1-28(2)35-23-30(4)46-42(26-35)29(3)22-37(27-45)33-20-18-31-19-21-34(25-36(31)24-33)44-40-16-10-8-14-38(40)43(32-12-6-5-7-13-32)39-15-9-11-17-41(39)44/h5-28H,45H2,1-4H3/b29-22+,37-27+. The van der Waals surface area contributed by atoms with E-state index in [0.717, 1.165) is 28.1 Å². The maximum atomic E-state index is 6.26. The van der Waals surface area contributed by atoms with Crippen molar-refractivity contribution in [1.82, 2.24) is 4.98 Å². The predicted octanol–water partition coefficient (Wildman–Crippen LogP) is 11.7. The van der Waals surface area contributed by atoms with Gasteiger partial charge in [0.05, 0.1) is 5.69 Å². The summed E-state index contributed by atoms with van der Waals surface area (Å²) in [4.78, 5) is 4.83. The van der Waals surface area contributed by atoms with Crippen molar-refractivity contribution in [3.63, 3.8) is 0 Å². The molecule has 0 bridgehead atoms. The molecular formula is C44H38N2. The summed E-state index contributed by atoms with van der Waals surface area (Å²) in [6, 6.07) is 46.2. The Morgan fingerprint density at radius 1 is 0.630 bits per heavy atom. The summed E-state index contributed by atoms with van der Waals surface area (Å²) >= 11 is 0. The molecule has 0 unspecified atom stereocenters. The Morgan fingerprint density at radius 2 is 1.22 bits per heavy atom. The van der Waals surface area contributed by atoms with Crippen molar-refractivity contribution in [2.75, 3.05) is 0 Å². The lowest BCUT2D eigenvalue weighted by Crippen LogP contribution is -1.97. The Morgan fingerprint density at radius 3 is 1.83 bits per heavy atom. The minimum absolute atomic E-state index is 0.441. The Hall–Kier alpha value is -5.47. The molecule has 0 fully saturated rings. The van der Waals surface area contributed by atoms with Crippen LogP contribution in [0.15, 0.2) is 140 Å². The summed E-state index contributed by atoms with van der Waals surface area (Å²) in [6.45, 7) is 8.61. The normalized spacial score (nSPS) is 12.5. The average molecular weight is 595 g/mol. The molecule has 2 heteroatoms. The molecule has 2 nitrogen and oxygen atoms in total. The number of aryl methyl sites for hydroxylation is 1. The molecule has 0 saturated heterocycles. The van der Waals surface area contributed by atoms with E-state index in [-0.39, 0.29) is 0 Å². The fourth-order valence-electron chi connectivity index (χ4n) is 6.70. The number of aromatic nitrogens is 1. The molecule has 0 aliphatic heterocycles. The number of pyridine rings is 1. The molecule has 1 aromatic heterocycles. The van der Waals surface area contributed by atoms with Gasteiger partial charge >= 0.3 is 0 Å². The summed E-state index contributed by atoms with van der Waals surface area (Å²) in [5, 5.41) is 7.40. The molecule has 7 aromatic rings. The molecule has 2 N–H and O–H groups in total. The molecule has 0 radical (unpaired) electrons. The van der Waals surface area contributed by atoms with E-state index < -0.39 is 0 Å². The van der Waals surface area contributed by atoms with E-state index >= 15 is 0 Å². The third-order valence-electron chi connectivity index (χ3n) is 9.05. The van der Waals surface area contributed by atoms with Crippen molar-refractivity contribution in [1.29, 1.82) is 0 Å². The first-order valence-electron chi connectivity index (χ1n) is 16.0. The van der Waals surface area contributed by atoms with Gasteiger partial charge in [0.25, 0.3) is 0 Å². The van der Waals surface area contributed by atoms with Crippen molar-refractivity contribution in [2.24, 2.45) is 5.73 Å². The van der Waals surface area contributed by atoms with Gasteiger partial charge in [0.15, 0.2) is 0 Å². The molecular weight excluding hydrogens is 556 g/mol. The third-order valence-corrected chi connectivity index (χ3v) is 9.05. The molecule has 6 aromatic carbocycles. The van der Waals surface area contributed by atoms with Crippen LogP contribution in [-0.4, -0.2) is 4.98 Å². The van der Waals surface area contributed by atoms with Gasteiger partial charge < -0.3 is 5.73 Å². The van der Waals surface area contributed by atoms with Crippen LogP contribution < -0.4 is 5.73 Å². The maximum Gasteiger partial charge on any atom is 0.0665 e. The highest BCUT2D eigenvalue weighted by Gasteiger charge is 2.17. The van der Waals surface area contributed by atoms with Crippen LogP contribution in [0, 0.1) is 6.92 Å². The minimum Gasteiger partial charge on any atom is -0.404 e. The molecule has 46 heavy (non-hydrogen) atoms. The van der Waals surface area contributed by atoms with Crippen LogP contribution in [0.4, 0.5) is 0 Å². The summed E-state index contributed by atoms with van der Waals surface area (Å²) in [5.41, 5.74) is 17.7. The number of allylic oxidation sites excluding steroid dienone is 3. The lowest BCUT2D eigenvalue weighted by Gasteiger charge is -2.18. The lowest BCUT2D eigenvalue weighted by atomic mass is 9.85. The van der Waals surface area contributed by atoms with Gasteiger partial charge in [-0.15, -0.1) is 0 Å². The zero-order valence-electron chi connectivity index (χ0n) is 26.9. The number of nitrogens with zero attached hydrogens (tertiary/aromatic N) is 1. The highest BCUT2D eigenvalue weighted by atomic mass is 14.7. The van der Waals surface area contributed by atoms with E-state index in [1.807, 2.05) is 0 Å². The zero-order chi connectivity index (χ0) is 31.8. The molecule has 0 aliphatic rings. The topological polar surface area (TPSA) is 38.9 Å². The van der Waals surface area contributed by atoms with Gasteiger partial charge in [-0.3, -0.25) is 4.98 Å². The van der Waals surface area contributed by atoms with Crippen molar-refractivity contribution in [3.8, 4) is 22.3 Å². The van der Waals surface area contributed by atoms with Crippen LogP contribution in [0.1, 0.15) is 49.2 Å². The molecule has 224 valence electrons. The second-order valence-electron chi connectivity index (χ2n) is 12.5. The summed E-state index contributed by atoms with van der Waals surface area (Å²) in [7, 11) is 0. The number of rotatable bonds is 6. The van der Waals surface area contributed by atoms with Crippen molar-refractivity contribution < 1.29 is 0 Å². The molecule has 7 rings (SSSR count). The fourth-order valence-corrected chi connectivity index (χ4v) is 6.70. The minimum atomic E-state index is 0.441. The first-order valence-corrected chi connectivity index (χ1v) is 16.0. The smallest absolute Gasteiger partial charge is 0.0665 e. The molecule has 0 aliphatic carbocycles. The summed E-state index contributed by atoms with van der Waals surface area (Å²) in [6.07, 6.45) is 3.86. The molecule has 0 atom stereocenters. The number of hydrogen-bond donors (Lipinski definition) is 1. The van der Waals surface area contributed by atoms with E-state index in [2.05, 4.69) is 161 Å². The molecule has 0 spiro atoms. The van der Waals surface area contributed by atoms with E-state index in [1.54, 1.807) is 6.20 Å². The second-order valence-corrected chi connectivity index (χ2v) is 12.5. The van der Waals surface area contributed by atoms with Gasteiger partial charge in [-0.25, -0.2) is 0 Å². The van der Waals surface area contributed by atoms with Gasteiger partial charge in [0.1, 0.15) is 0 Å². The number of nitrogens with two attached hydrogens (primary N) is 1. The van der Waals surface area contributed by atoms with Gasteiger partial charge in [-0.2, -0.15) is 0 Å². The quantitative estimate of drug-likeness (QED) is 0.154. The second kappa shape index (κ2) is 12.1. The largest absolute Gasteiger partial charge is 0.404 e. The predicted molar refractivity (Wildman–Crippen MR) is 199 cm³/mol. The Balaban J connectivity index is 1.37. The zero-order valence-corrected chi connectivity index (χ0v) is 26.9. The Kier molecular flexibility index (Phi) is 7.72. The SMILES string of the molecule is C/C(=C\C(=C/N)c1ccc2ccc(-c3c4ccccc4c(-c4ccccc4)c4ccccc34)cc2c1)c1cc(C(C)C)cc(C)n1.